The van der Waals surface area contributed by atoms with Crippen molar-refractivity contribution in [1.29, 1.82) is 0 Å². The summed E-state index contributed by atoms with van der Waals surface area (Å²) in [5, 5.41) is 0. The Kier molecular flexibility index (Phi) is 5.48. The Morgan fingerprint density at radius 3 is 2.52 bits per heavy atom. The van der Waals surface area contributed by atoms with Gasteiger partial charge in [0.15, 0.2) is 0 Å². The average Bonchev–Trinajstić information content (AvgIpc) is 2.41. The maximum atomic E-state index is 14.1. The largest absolute Gasteiger partial charge is 0.330 e. The van der Waals surface area contributed by atoms with Gasteiger partial charge in [0.1, 0.15) is 5.82 Å². The van der Waals surface area contributed by atoms with E-state index >= 15 is 0 Å². The highest BCUT2D eigenvalue weighted by molar-refractivity contribution is 9.10. The summed E-state index contributed by atoms with van der Waals surface area (Å²) in [6.07, 6.45) is 4.42. The minimum absolute atomic E-state index is 0.0990. The monoisotopic (exact) mass is 355 g/mol. The molecule has 118 valence electrons. The van der Waals surface area contributed by atoms with Crippen LogP contribution in [-0.4, -0.2) is 6.54 Å². The van der Waals surface area contributed by atoms with E-state index in [-0.39, 0.29) is 5.82 Å². The lowest BCUT2D eigenvalue weighted by molar-refractivity contribution is 0.101. The molecular weight excluding hydrogens is 329 g/mol. The zero-order valence-corrected chi connectivity index (χ0v) is 14.9. The molecule has 3 unspecified atom stereocenters. The van der Waals surface area contributed by atoms with Gasteiger partial charge in [-0.15, -0.1) is 0 Å². The first-order valence-corrected chi connectivity index (χ1v) is 8.74. The zero-order chi connectivity index (χ0) is 15.6. The number of rotatable bonds is 3. The van der Waals surface area contributed by atoms with Crippen LogP contribution in [0.25, 0.3) is 0 Å². The predicted molar refractivity (Wildman–Crippen MR) is 90.6 cm³/mol. The van der Waals surface area contributed by atoms with Crippen molar-refractivity contribution in [3.05, 3.63) is 34.1 Å². The number of hydrogen-bond acceptors (Lipinski definition) is 1. The molecule has 2 N–H and O–H groups in total. The second-order valence-corrected chi connectivity index (χ2v) is 8.49. The summed E-state index contributed by atoms with van der Waals surface area (Å²) in [4.78, 5) is 0. The van der Waals surface area contributed by atoms with E-state index in [1.807, 2.05) is 12.1 Å². The quantitative estimate of drug-likeness (QED) is 0.795. The van der Waals surface area contributed by atoms with Crippen molar-refractivity contribution in [2.75, 3.05) is 6.54 Å². The molecule has 1 aromatic carbocycles. The molecule has 1 aromatic rings. The molecule has 3 atom stereocenters. The van der Waals surface area contributed by atoms with Crippen LogP contribution >= 0.6 is 15.9 Å². The van der Waals surface area contributed by atoms with Gasteiger partial charge in [-0.05, 0) is 73.1 Å². The molecule has 1 aliphatic rings. The summed E-state index contributed by atoms with van der Waals surface area (Å²) < 4.78 is 14.9. The average molecular weight is 356 g/mol. The van der Waals surface area contributed by atoms with Gasteiger partial charge in [-0.3, -0.25) is 0 Å². The maximum Gasteiger partial charge on any atom is 0.127 e. The minimum Gasteiger partial charge on any atom is -0.330 e. The van der Waals surface area contributed by atoms with Crippen molar-refractivity contribution in [1.82, 2.24) is 0 Å². The van der Waals surface area contributed by atoms with Crippen molar-refractivity contribution in [2.45, 2.75) is 46.5 Å². The molecule has 0 spiro atoms. The van der Waals surface area contributed by atoms with Crippen LogP contribution in [0.5, 0.6) is 0 Å². The fraction of sp³-hybridized carbons (Fsp3) is 0.667. The molecule has 3 heteroatoms. The number of benzene rings is 1. The molecule has 21 heavy (non-hydrogen) atoms. The summed E-state index contributed by atoms with van der Waals surface area (Å²) in [6, 6.07) is 5.41. The van der Waals surface area contributed by atoms with Crippen molar-refractivity contribution < 1.29 is 4.39 Å². The van der Waals surface area contributed by atoms with E-state index in [0.717, 1.165) is 23.0 Å². The molecule has 1 nitrogen and oxygen atoms in total. The highest BCUT2D eigenvalue weighted by Gasteiger charge is 2.35. The molecule has 0 amide bonds. The van der Waals surface area contributed by atoms with Crippen LogP contribution in [0.4, 0.5) is 4.39 Å². The molecule has 1 aliphatic carbocycles. The molecule has 2 rings (SSSR count). The molecule has 1 fully saturated rings. The maximum absolute atomic E-state index is 14.1. The van der Waals surface area contributed by atoms with Crippen molar-refractivity contribution in [2.24, 2.45) is 28.9 Å². The first-order chi connectivity index (χ1) is 9.81. The summed E-state index contributed by atoms with van der Waals surface area (Å²) >= 11 is 3.32. The van der Waals surface area contributed by atoms with Crippen LogP contribution in [-0.2, 0) is 6.42 Å². The van der Waals surface area contributed by atoms with Gasteiger partial charge in [0, 0.05) is 4.47 Å². The fourth-order valence-corrected chi connectivity index (χ4v) is 3.98. The summed E-state index contributed by atoms with van der Waals surface area (Å²) in [7, 11) is 0. The van der Waals surface area contributed by atoms with E-state index in [0.29, 0.717) is 23.2 Å². The highest BCUT2D eigenvalue weighted by Crippen LogP contribution is 2.43. The lowest BCUT2D eigenvalue weighted by Crippen LogP contribution is -2.36. The lowest BCUT2D eigenvalue weighted by Gasteiger charge is -2.41. The molecule has 1 saturated carbocycles. The fourth-order valence-electron chi connectivity index (χ4n) is 3.64. The zero-order valence-electron chi connectivity index (χ0n) is 13.3. The van der Waals surface area contributed by atoms with E-state index in [2.05, 4.69) is 36.7 Å². The van der Waals surface area contributed by atoms with Gasteiger partial charge in [-0.2, -0.15) is 0 Å². The third-order valence-electron chi connectivity index (χ3n) is 5.16. The Morgan fingerprint density at radius 1 is 1.24 bits per heavy atom. The van der Waals surface area contributed by atoms with Crippen molar-refractivity contribution >= 4 is 15.9 Å². The third-order valence-corrected chi connectivity index (χ3v) is 5.66. The summed E-state index contributed by atoms with van der Waals surface area (Å²) in [5.41, 5.74) is 7.12. The van der Waals surface area contributed by atoms with E-state index in [1.54, 1.807) is 6.07 Å². The Morgan fingerprint density at radius 2 is 1.95 bits per heavy atom. The van der Waals surface area contributed by atoms with Gasteiger partial charge in [0.25, 0.3) is 0 Å². The van der Waals surface area contributed by atoms with Crippen LogP contribution in [0.1, 0.15) is 45.6 Å². The van der Waals surface area contributed by atoms with Gasteiger partial charge in [0.2, 0.25) is 0 Å². The number of nitrogens with two attached hydrogens (primary N) is 1. The normalized spacial score (nSPS) is 26.9. The topological polar surface area (TPSA) is 26.0 Å². The molecule has 0 bridgehead atoms. The van der Waals surface area contributed by atoms with Gasteiger partial charge < -0.3 is 5.73 Å². The standard InChI is InChI=1S/C18H27BrFN/c1-18(2,3)15-6-4-13(11-21)14(9-15)8-12-5-7-16(19)10-17(12)20/h5,7,10,13-15H,4,6,8-9,11,21H2,1-3H3. The predicted octanol–water partition coefficient (Wildman–Crippen LogP) is 5.17. The van der Waals surface area contributed by atoms with Crippen LogP contribution in [0.2, 0.25) is 0 Å². The number of hydrogen-bond donors (Lipinski definition) is 1. The van der Waals surface area contributed by atoms with E-state index < -0.39 is 0 Å². The Balaban J connectivity index is 2.14. The van der Waals surface area contributed by atoms with Crippen LogP contribution < -0.4 is 5.73 Å². The second kappa shape index (κ2) is 6.78. The smallest absolute Gasteiger partial charge is 0.127 e. The van der Waals surface area contributed by atoms with E-state index in [9.17, 15) is 4.39 Å². The Bertz CT molecular complexity index is 481. The molecular formula is C18H27BrFN. The molecule has 0 aliphatic heterocycles. The highest BCUT2D eigenvalue weighted by atomic mass is 79.9. The molecule has 0 aromatic heterocycles. The third kappa shape index (κ3) is 4.29. The first-order valence-electron chi connectivity index (χ1n) is 7.95. The van der Waals surface area contributed by atoms with E-state index in [4.69, 9.17) is 5.73 Å². The SMILES string of the molecule is CC(C)(C)C1CCC(CN)C(Cc2ccc(Br)cc2F)C1. The van der Waals surface area contributed by atoms with Gasteiger partial charge >= 0.3 is 0 Å². The molecule has 0 heterocycles. The molecule has 0 radical (unpaired) electrons. The summed E-state index contributed by atoms with van der Waals surface area (Å²) in [6.45, 7) is 7.67. The van der Waals surface area contributed by atoms with Crippen LogP contribution in [0.3, 0.4) is 0 Å². The van der Waals surface area contributed by atoms with Crippen molar-refractivity contribution in [3.8, 4) is 0 Å². The van der Waals surface area contributed by atoms with Crippen molar-refractivity contribution in [3.63, 3.8) is 0 Å². The minimum atomic E-state index is -0.0990. The Hall–Kier alpha value is -0.410. The molecule has 0 saturated heterocycles. The van der Waals surface area contributed by atoms with E-state index in [1.165, 1.54) is 19.3 Å². The number of halogens is 2. The van der Waals surface area contributed by atoms with Gasteiger partial charge in [0.05, 0.1) is 0 Å². The second-order valence-electron chi connectivity index (χ2n) is 7.57. The van der Waals surface area contributed by atoms with Gasteiger partial charge in [-0.25, -0.2) is 4.39 Å². The van der Waals surface area contributed by atoms with Gasteiger partial charge in [-0.1, -0.05) is 42.8 Å². The first kappa shape index (κ1) is 17.0. The Labute approximate surface area is 136 Å². The summed E-state index contributed by atoms with van der Waals surface area (Å²) in [5.74, 6) is 1.65. The van der Waals surface area contributed by atoms with Crippen LogP contribution in [0, 0.1) is 29.0 Å². The lowest BCUT2D eigenvalue weighted by atomic mass is 9.64. The van der Waals surface area contributed by atoms with Crippen LogP contribution in [0.15, 0.2) is 22.7 Å².